The number of amides is 1. The predicted molar refractivity (Wildman–Crippen MR) is 110 cm³/mol. The molecule has 0 saturated carbocycles. The molecule has 132 valence electrons. The third kappa shape index (κ3) is 4.55. The van der Waals surface area contributed by atoms with Gasteiger partial charge in [-0.1, -0.05) is 46.3 Å². The zero-order valence-electron chi connectivity index (χ0n) is 13.4. The van der Waals surface area contributed by atoms with Gasteiger partial charge < -0.3 is 10.4 Å². The maximum absolute atomic E-state index is 12.2. The smallest absolute Gasteiger partial charge is 0.339 e. The van der Waals surface area contributed by atoms with E-state index in [1.807, 2.05) is 54.6 Å². The molecule has 3 aromatic rings. The van der Waals surface area contributed by atoms with Crippen LogP contribution in [0, 0.1) is 0 Å². The first-order valence-electron chi connectivity index (χ1n) is 7.63. The topological polar surface area (TPSA) is 66.4 Å². The molecular formula is C19H14BrNO3S2. The van der Waals surface area contributed by atoms with Crippen LogP contribution in [-0.4, -0.2) is 22.7 Å². The number of carboxylic acids is 1. The number of anilines is 1. The summed E-state index contributed by atoms with van der Waals surface area (Å²) >= 11 is 5.99. The van der Waals surface area contributed by atoms with E-state index in [1.165, 1.54) is 23.1 Å². The maximum atomic E-state index is 12.2. The summed E-state index contributed by atoms with van der Waals surface area (Å²) in [6.07, 6.45) is 0. The number of carbonyl (C=O) groups is 2. The van der Waals surface area contributed by atoms with Crippen LogP contribution < -0.4 is 5.32 Å². The van der Waals surface area contributed by atoms with Gasteiger partial charge in [-0.3, -0.25) is 4.79 Å². The van der Waals surface area contributed by atoms with Gasteiger partial charge in [0.2, 0.25) is 5.91 Å². The molecule has 7 heteroatoms. The summed E-state index contributed by atoms with van der Waals surface area (Å²) in [5.74, 6) is -1.07. The first-order chi connectivity index (χ1) is 12.5. The van der Waals surface area contributed by atoms with Gasteiger partial charge in [0.05, 0.1) is 5.75 Å². The molecular weight excluding hydrogens is 434 g/mol. The average Bonchev–Trinajstić information content (AvgIpc) is 3.05. The number of rotatable bonds is 6. The van der Waals surface area contributed by atoms with Crippen LogP contribution in [0.3, 0.4) is 0 Å². The number of hydrogen-bond acceptors (Lipinski definition) is 4. The van der Waals surface area contributed by atoms with Crippen LogP contribution in [-0.2, 0) is 4.79 Å². The summed E-state index contributed by atoms with van der Waals surface area (Å²) in [5.41, 5.74) is 1.51. The lowest BCUT2D eigenvalue weighted by atomic mass is 10.0. The number of carboxylic acid groups (broad SMARTS) is 1. The largest absolute Gasteiger partial charge is 0.478 e. The molecule has 1 heterocycles. The third-order valence-corrected chi connectivity index (χ3v) is 5.96. The van der Waals surface area contributed by atoms with Gasteiger partial charge in [0.25, 0.3) is 0 Å². The van der Waals surface area contributed by atoms with Crippen molar-refractivity contribution in [2.45, 2.75) is 4.90 Å². The molecule has 3 rings (SSSR count). The van der Waals surface area contributed by atoms with E-state index in [1.54, 1.807) is 5.38 Å². The number of thiophene rings is 1. The van der Waals surface area contributed by atoms with Crippen molar-refractivity contribution in [3.63, 3.8) is 0 Å². The van der Waals surface area contributed by atoms with Gasteiger partial charge in [0.1, 0.15) is 10.6 Å². The number of benzene rings is 2. The van der Waals surface area contributed by atoms with Crippen molar-refractivity contribution in [1.82, 2.24) is 0 Å². The minimum absolute atomic E-state index is 0.121. The third-order valence-electron chi connectivity index (χ3n) is 3.53. The quantitative estimate of drug-likeness (QED) is 0.482. The summed E-state index contributed by atoms with van der Waals surface area (Å²) in [4.78, 5) is 25.0. The zero-order chi connectivity index (χ0) is 18.5. The van der Waals surface area contributed by atoms with Crippen LogP contribution in [0.5, 0.6) is 0 Å². The summed E-state index contributed by atoms with van der Waals surface area (Å²) < 4.78 is 0.916. The zero-order valence-corrected chi connectivity index (χ0v) is 16.7. The van der Waals surface area contributed by atoms with Crippen LogP contribution >= 0.6 is 39.0 Å². The summed E-state index contributed by atoms with van der Waals surface area (Å²) in [7, 11) is 0. The van der Waals surface area contributed by atoms with Gasteiger partial charge in [-0.05, 0) is 29.8 Å². The minimum atomic E-state index is -1.06. The summed E-state index contributed by atoms with van der Waals surface area (Å²) in [6.45, 7) is 0. The van der Waals surface area contributed by atoms with Gasteiger partial charge >= 0.3 is 5.97 Å². The minimum Gasteiger partial charge on any atom is -0.478 e. The first-order valence-corrected chi connectivity index (χ1v) is 10.3. The van der Waals surface area contributed by atoms with Gasteiger partial charge in [-0.15, -0.1) is 23.1 Å². The van der Waals surface area contributed by atoms with Gasteiger partial charge in [-0.2, -0.15) is 0 Å². The van der Waals surface area contributed by atoms with E-state index in [-0.39, 0.29) is 17.2 Å². The van der Waals surface area contributed by atoms with E-state index in [4.69, 9.17) is 0 Å². The summed E-state index contributed by atoms with van der Waals surface area (Å²) in [6, 6.07) is 17.0. The highest BCUT2D eigenvalue weighted by molar-refractivity contribution is 9.10. The van der Waals surface area contributed by atoms with Crippen LogP contribution in [0.25, 0.3) is 11.1 Å². The predicted octanol–water partition coefficient (Wildman–Crippen LogP) is 5.61. The number of nitrogens with one attached hydrogen (secondary N) is 1. The molecule has 0 bridgehead atoms. The standard InChI is InChI=1S/C19H14BrNO3S2/c20-13-8-6-12(7-9-13)15-10-26-18(17(15)19(23)24)21-16(22)11-25-14-4-2-1-3-5-14/h1-10H,11H2,(H,21,22)(H,23,24). The fourth-order valence-electron chi connectivity index (χ4n) is 2.33. The van der Waals surface area contributed by atoms with Crippen molar-refractivity contribution in [3.05, 3.63) is 70.0 Å². The highest BCUT2D eigenvalue weighted by atomic mass is 79.9. The summed E-state index contributed by atoms with van der Waals surface area (Å²) in [5, 5.41) is 14.5. The van der Waals surface area contributed by atoms with Crippen molar-refractivity contribution in [2.24, 2.45) is 0 Å². The molecule has 0 aliphatic rings. The Hall–Kier alpha value is -2.09. The molecule has 0 aliphatic carbocycles. The van der Waals surface area contributed by atoms with Crippen molar-refractivity contribution in [1.29, 1.82) is 0 Å². The Balaban J connectivity index is 1.76. The highest BCUT2D eigenvalue weighted by Gasteiger charge is 2.21. The molecule has 0 aliphatic heterocycles. The van der Waals surface area contributed by atoms with E-state index < -0.39 is 5.97 Å². The molecule has 0 saturated heterocycles. The Labute approximate surface area is 167 Å². The normalized spacial score (nSPS) is 10.5. The second-order valence-corrected chi connectivity index (χ2v) is 8.16. The van der Waals surface area contributed by atoms with E-state index in [0.29, 0.717) is 10.6 Å². The number of carbonyl (C=O) groups excluding carboxylic acids is 1. The average molecular weight is 448 g/mol. The second-order valence-electron chi connectivity index (χ2n) is 5.32. The molecule has 2 aromatic carbocycles. The molecule has 1 amide bonds. The number of thioether (sulfide) groups is 1. The SMILES string of the molecule is O=C(CSc1ccccc1)Nc1scc(-c2ccc(Br)cc2)c1C(=O)O. The maximum Gasteiger partial charge on any atom is 0.339 e. The lowest BCUT2D eigenvalue weighted by Gasteiger charge is -2.06. The van der Waals surface area contributed by atoms with Crippen LogP contribution in [0.15, 0.2) is 69.3 Å². The Morgan fingerprint density at radius 1 is 1.08 bits per heavy atom. The van der Waals surface area contributed by atoms with Crippen molar-refractivity contribution >= 4 is 55.9 Å². The molecule has 2 N–H and O–H groups in total. The Bertz CT molecular complexity index is 924. The molecule has 0 fully saturated rings. The van der Waals surface area contributed by atoms with Crippen molar-refractivity contribution < 1.29 is 14.7 Å². The Morgan fingerprint density at radius 3 is 2.42 bits per heavy atom. The molecule has 26 heavy (non-hydrogen) atoms. The lowest BCUT2D eigenvalue weighted by molar-refractivity contribution is -0.113. The van der Waals surface area contributed by atoms with Crippen molar-refractivity contribution in [2.75, 3.05) is 11.1 Å². The van der Waals surface area contributed by atoms with Gasteiger partial charge in [0, 0.05) is 20.3 Å². The first kappa shape index (κ1) is 18.7. The molecule has 0 unspecified atom stereocenters. The van der Waals surface area contributed by atoms with Crippen LogP contribution in [0.2, 0.25) is 0 Å². The number of halogens is 1. The van der Waals surface area contributed by atoms with E-state index >= 15 is 0 Å². The van der Waals surface area contributed by atoms with Crippen LogP contribution in [0.4, 0.5) is 5.00 Å². The fourth-order valence-corrected chi connectivity index (χ4v) is 4.29. The van der Waals surface area contributed by atoms with Gasteiger partial charge in [-0.25, -0.2) is 4.79 Å². The van der Waals surface area contributed by atoms with Gasteiger partial charge in [0.15, 0.2) is 0 Å². The van der Waals surface area contributed by atoms with Crippen molar-refractivity contribution in [3.8, 4) is 11.1 Å². The molecule has 0 spiro atoms. The molecule has 0 atom stereocenters. The fraction of sp³-hybridized carbons (Fsp3) is 0.0526. The Kier molecular flexibility index (Phi) is 6.13. The van der Waals surface area contributed by atoms with E-state index in [9.17, 15) is 14.7 Å². The number of hydrogen-bond donors (Lipinski definition) is 2. The molecule has 1 aromatic heterocycles. The molecule has 4 nitrogen and oxygen atoms in total. The molecule has 0 radical (unpaired) electrons. The highest BCUT2D eigenvalue weighted by Crippen LogP contribution is 2.36. The number of aromatic carboxylic acids is 1. The van der Waals surface area contributed by atoms with E-state index in [0.717, 1.165) is 14.9 Å². The lowest BCUT2D eigenvalue weighted by Crippen LogP contribution is -2.15. The van der Waals surface area contributed by atoms with Crippen LogP contribution in [0.1, 0.15) is 10.4 Å². The Morgan fingerprint density at radius 2 is 1.77 bits per heavy atom. The monoisotopic (exact) mass is 447 g/mol. The second kappa shape index (κ2) is 8.53. The van der Waals surface area contributed by atoms with E-state index in [2.05, 4.69) is 21.2 Å².